The molecular weight excluding hydrogens is 436 g/mol. The second-order valence-corrected chi connectivity index (χ2v) is 8.69. The molecule has 0 saturated carbocycles. The summed E-state index contributed by atoms with van der Waals surface area (Å²) in [4.78, 5) is 8.55. The molecule has 0 radical (unpaired) electrons. The van der Waals surface area contributed by atoms with E-state index in [0.717, 1.165) is 16.6 Å². The number of aliphatic imine (C=N–C) groups is 1. The number of aromatic nitrogens is 1. The second kappa shape index (κ2) is 9.80. The zero-order valence-electron chi connectivity index (χ0n) is 17.4. The van der Waals surface area contributed by atoms with Crippen molar-refractivity contribution >= 4 is 38.1 Å². The van der Waals surface area contributed by atoms with Crippen LogP contribution in [-0.4, -0.2) is 19.4 Å². The highest BCUT2D eigenvalue weighted by atomic mass is 32.2. The van der Waals surface area contributed by atoms with Crippen LogP contribution < -0.4 is 15.4 Å². The van der Waals surface area contributed by atoms with Gasteiger partial charge in [0.15, 0.2) is 6.19 Å². The van der Waals surface area contributed by atoms with Gasteiger partial charge in [-0.05, 0) is 41.3 Å². The number of sulfonamides is 1. The smallest absolute Gasteiger partial charge is 0.262 e. The predicted octanol–water partition coefficient (Wildman–Crippen LogP) is 4.07. The molecule has 0 aliphatic rings. The van der Waals surface area contributed by atoms with E-state index < -0.39 is 10.0 Å². The van der Waals surface area contributed by atoms with E-state index in [0.29, 0.717) is 23.6 Å². The molecule has 164 valence electrons. The number of nitriles is 1. The molecule has 8 nitrogen and oxygen atoms in total. The van der Waals surface area contributed by atoms with Gasteiger partial charge in [-0.25, -0.2) is 13.4 Å². The van der Waals surface area contributed by atoms with Crippen molar-refractivity contribution in [2.75, 3.05) is 10.0 Å². The Kier molecular flexibility index (Phi) is 6.48. The molecule has 0 atom stereocenters. The van der Waals surface area contributed by atoms with Gasteiger partial charge in [0.1, 0.15) is 0 Å². The highest BCUT2D eigenvalue weighted by Gasteiger charge is 2.17. The van der Waals surface area contributed by atoms with Crippen LogP contribution in [0.4, 0.5) is 11.4 Å². The van der Waals surface area contributed by atoms with E-state index in [4.69, 9.17) is 5.26 Å². The number of rotatable bonds is 6. The monoisotopic (exact) mass is 456 g/mol. The first-order chi connectivity index (χ1) is 16.0. The van der Waals surface area contributed by atoms with Crippen molar-refractivity contribution in [1.82, 2.24) is 10.3 Å². The van der Waals surface area contributed by atoms with Crippen molar-refractivity contribution < 1.29 is 8.42 Å². The molecule has 1 heterocycles. The average Bonchev–Trinajstić information content (AvgIpc) is 2.83. The quantitative estimate of drug-likeness (QED) is 0.174. The number of benzene rings is 3. The van der Waals surface area contributed by atoms with Crippen LogP contribution in [0.2, 0.25) is 0 Å². The van der Waals surface area contributed by atoms with Gasteiger partial charge in [-0.15, -0.1) is 0 Å². The number of pyridine rings is 1. The van der Waals surface area contributed by atoms with Gasteiger partial charge in [-0.1, -0.05) is 48.5 Å². The number of fused-ring (bicyclic) bond motifs is 1. The van der Waals surface area contributed by atoms with E-state index in [1.54, 1.807) is 67.0 Å². The Balaban J connectivity index is 1.47. The van der Waals surface area contributed by atoms with E-state index in [-0.39, 0.29) is 4.90 Å². The molecule has 1 aromatic heterocycles. The van der Waals surface area contributed by atoms with Crippen LogP contribution in [0.15, 0.2) is 101 Å². The van der Waals surface area contributed by atoms with E-state index in [9.17, 15) is 8.42 Å². The molecular formula is C24H20N6O2S. The third-order valence-electron chi connectivity index (χ3n) is 4.78. The normalized spacial score (nSPS) is 11.5. The minimum absolute atomic E-state index is 0.226. The van der Waals surface area contributed by atoms with Crippen molar-refractivity contribution in [2.24, 2.45) is 4.99 Å². The number of nitrogens with zero attached hydrogens (tertiary/aromatic N) is 3. The lowest BCUT2D eigenvalue weighted by molar-refractivity contribution is 0.602. The van der Waals surface area contributed by atoms with Gasteiger partial charge in [0.2, 0.25) is 5.96 Å². The lowest BCUT2D eigenvalue weighted by atomic mass is 10.1. The van der Waals surface area contributed by atoms with Crippen LogP contribution >= 0.6 is 0 Å². The largest absolute Gasteiger partial charge is 0.325 e. The Morgan fingerprint density at radius 1 is 0.909 bits per heavy atom. The SMILES string of the molecule is N#CNC(=NCc1ccc(NS(=O)(=O)c2cccc3ccccc23)cc1)Nc1ccncc1. The van der Waals surface area contributed by atoms with Gasteiger partial charge < -0.3 is 5.32 Å². The lowest BCUT2D eigenvalue weighted by Crippen LogP contribution is -2.26. The van der Waals surface area contributed by atoms with E-state index in [1.165, 1.54) is 0 Å². The average molecular weight is 457 g/mol. The molecule has 0 unspecified atom stereocenters. The zero-order valence-corrected chi connectivity index (χ0v) is 18.3. The molecule has 33 heavy (non-hydrogen) atoms. The third-order valence-corrected chi connectivity index (χ3v) is 6.22. The topological polar surface area (TPSA) is 119 Å². The minimum Gasteiger partial charge on any atom is -0.325 e. The van der Waals surface area contributed by atoms with Gasteiger partial charge in [0, 0.05) is 29.2 Å². The molecule has 3 N–H and O–H groups in total. The molecule has 9 heteroatoms. The standard InChI is InChI=1S/C24H20N6O2S/c25-17-28-24(29-20-12-14-26-15-13-20)27-16-18-8-10-21(11-9-18)30-33(31,32)23-7-3-5-19-4-1-2-6-22(19)23/h1-15,30H,16H2,(H2,26,27,28,29). The molecule has 0 spiro atoms. The minimum atomic E-state index is -3.76. The van der Waals surface area contributed by atoms with Crippen molar-refractivity contribution in [2.45, 2.75) is 11.4 Å². The fourth-order valence-corrected chi connectivity index (χ4v) is 4.51. The summed E-state index contributed by atoms with van der Waals surface area (Å²) in [6.45, 7) is 0.290. The Bertz CT molecular complexity index is 1420. The van der Waals surface area contributed by atoms with Crippen molar-refractivity contribution in [3.63, 3.8) is 0 Å². The third kappa shape index (κ3) is 5.44. The first-order valence-corrected chi connectivity index (χ1v) is 11.5. The molecule has 3 aromatic carbocycles. The van der Waals surface area contributed by atoms with Gasteiger partial charge in [0.25, 0.3) is 10.0 Å². The maximum Gasteiger partial charge on any atom is 0.262 e. The molecule has 4 aromatic rings. The maximum absolute atomic E-state index is 13.0. The summed E-state index contributed by atoms with van der Waals surface area (Å²) in [6, 6.07) is 23.0. The summed E-state index contributed by atoms with van der Waals surface area (Å²) in [5.74, 6) is 0.296. The first-order valence-electron chi connectivity index (χ1n) is 10.0. The number of hydrogen-bond acceptors (Lipinski definition) is 5. The van der Waals surface area contributed by atoms with E-state index in [2.05, 4.69) is 25.3 Å². The molecule has 0 amide bonds. The summed E-state index contributed by atoms with van der Waals surface area (Å²) >= 11 is 0. The number of nitrogens with one attached hydrogen (secondary N) is 3. The zero-order chi connectivity index (χ0) is 23.1. The molecule has 0 fully saturated rings. The molecule has 0 aliphatic heterocycles. The second-order valence-electron chi connectivity index (χ2n) is 7.04. The number of guanidine groups is 1. The van der Waals surface area contributed by atoms with Crippen LogP contribution in [0, 0.1) is 11.5 Å². The van der Waals surface area contributed by atoms with Gasteiger partial charge in [0.05, 0.1) is 11.4 Å². The van der Waals surface area contributed by atoms with Crippen LogP contribution in [-0.2, 0) is 16.6 Å². The molecule has 4 rings (SSSR count). The van der Waals surface area contributed by atoms with Crippen LogP contribution in [0.5, 0.6) is 0 Å². The predicted molar refractivity (Wildman–Crippen MR) is 129 cm³/mol. The Morgan fingerprint density at radius 2 is 1.64 bits per heavy atom. The van der Waals surface area contributed by atoms with Crippen LogP contribution in [0.3, 0.4) is 0 Å². The van der Waals surface area contributed by atoms with Crippen molar-refractivity contribution in [1.29, 1.82) is 5.26 Å². The van der Waals surface area contributed by atoms with Crippen molar-refractivity contribution in [3.8, 4) is 6.19 Å². The summed E-state index contributed by atoms with van der Waals surface area (Å²) in [6.07, 6.45) is 5.11. The summed E-state index contributed by atoms with van der Waals surface area (Å²) in [5.41, 5.74) is 2.03. The van der Waals surface area contributed by atoms with Crippen LogP contribution in [0.1, 0.15) is 5.56 Å². The maximum atomic E-state index is 13.0. The lowest BCUT2D eigenvalue weighted by Gasteiger charge is -2.11. The van der Waals surface area contributed by atoms with Crippen LogP contribution in [0.25, 0.3) is 10.8 Å². The van der Waals surface area contributed by atoms with Gasteiger partial charge in [-0.2, -0.15) is 5.26 Å². The highest BCUT2D eigenvalue weighted by molar-refractivity contribution is 7.93. The Labute approximate surface area is 191 Å². The van der Waals surface area contributed by atoms with E-state index in [1.807, 2.05) is 30.5 Å². The Hall–Kier alpha value is -4.42. The van der Waals surface area contributed by atoms with E-state index >= 15 is 0 Å². The fraction of sp³-hybridized carbons (Fsp3) is 0.0417. The summed E-state index contributed by atoms with van der Waals surface area (Å²) < 4.78 is 28.6. The van der Waals surface area contributed by atoms with Crippen molar-refractivity contribution in [3.05, 3.63) is 96.8 Å². The number of hydrogen-bond donors (Lipinski definition) is 3. The summed E-state index contributed by atoms with van der Waals surface area (Å²) in [5, 5.41) is 16.0. The molecule has 0 bridgehead atoms. The number of anilines is 2. The highest BCUT2D eigenvalue weighted by Crippen LogP contribution is 2.25. The fourth-order valence-electron chi connectivity index (χ4n) is 3.22. The van der Waals surface area contributed by atoms with Gasteiger partial charge in [-0.3, -0.25) is 15.0 Å². The first kappa shape index (κ1) is 21.8. The molecule has 0 aliphatic carbocycles. The Morgan fingerprint density at radius 3 is 2.39 bits per heavy atom. The summed E-state index contributed by atoms with van der Waals surface area (Å²) in [7, 11) is -3.76. The molecule has 0 saturated heterocycles. The van der Waals surface area contributed by atoms with Gasteiger partial charge >= 0.3 is 0 Å².